The van der Waals surface area contributed by atoms with Crippen molar-refractivity contribution in [3.05, 3.63) is 17.7 Å². The Morgan fingerprint density at radius 2 is 2.10 bits per heavy atom. The Hall–Kier alpha value is -1.38. The van der Waals surface area contributed by atoms with Crippen molar-refractivity contribution < 1.29 is 4.74 Å². The molecule has 1 heterocycles. The monoisotopic (exact) mass is 274 g/mol. The number of ether oxygens (including phenoxy) is 1. The first kappa shape index (κ1) is 13.6. The number of piperidine rings is 1. The van der Waals surface area contributed by atoms with E-state index in [1.54, 1.807) is 0 Å². The second kappa shape index (κ2) is 5.55. The maximum absolute atomic E-state index is 6.26. The highest BCUT2D eigenvalue weighted by molar-refractivity contribution is 5.74. The number of hydrogen-bond acceptors (Lipinski definition) is 3. The lowest BCUT2D eigenvalue weighted by Gasteiger charge is -2.36. The number of rotatable bonds is 4. The summed E-state index contributed by atoms with van der Waals surface area (Å²) >= 11 is 0. The SMILES string of the molecule is CC[C@@H]1CCCN(c2c(N)ccc(OC3CC3)c2C)C1. The third-order valence-corrected chi connectivity index (χ3v) is 4.64. The van der Waals surface area contributed by atoms with Gasteiger partial charge in [-0.3, -0.25) is 0 Å². The van der Waals surface area contributed by atoms with Crippen molar-refractivity contribution >= 4 is 11.4 Å². The van der Waals surface area contributed by atoms with Crippen molar-refractivity contribution in [1.29, 1.82) is 0 Å². The number of benzene rings is 1. The topological polar surface area (TPSA) is 38.5 Å². The average Bonchev–Trinajstić information content (AvgIpc) is 3.26. The van der Waals surface area contributed by atoms with Crippen LogP contribution < -0.4 is 15.4 Å². The molecule has 3 rings (SSSR count). The van der Waals surface area contributed by atoms with E-state index in [4.69, 9.17) is 10.5 Å². The minimum atomic E-state index is 0.440. The summed E-state index contributed by atoms with van der Waals surface area (Å²) in [6.45, 7) is 6.69. The fourth-order valence-corrected chi connectivity index (χ4v) is 3.22. The van der Waals surface area contributed by atoms with Crippen molar-refractivity contribution in [2.24, 2.45) is 5.92 Å². The summed E-state index contributed by atoms with van der Waals surface area (Å²) in [5.74, 6) is 1.82. The van der Waals surface area contributed by atoms with Crippen LogP contribution in [-0.4, -0.2) is 19.2 Å². The summed E-state index contributed by atoms with van der Waals surface area (Å²) in [5.41, 5.74) is 9.57. The molecule has 0 radical (unpaired) electrons. The lowest BCUT2D eigenvalue weighted by atomic mass is 9.94. The van der Waals surface area contributed by atoms with Crippen LogP contribution in [0.2, 0.25) is 0 Å². The molecular weight excluding hydrogens is 248 g/mol. The van der Waals surface area contributed by atoms with Gasteiger partial charge in [0.25, 0.3) is 0 Å². The molecule has 2 N–H and O–H groups in total. The summed E-state index contributed by atoms with van der Waals surface area (Å²) in [4.78, 5) is 2.47. The Morgan fingerprint density at radius 1 is 1.30 bits per heavy atom. The van der Waals surface area contributed by atoms with Crippen LogP contribution >= 0.6 is 0 Å². The van der Waals surface area contributed by atoms with Gasteiger partial charge in [-0.15, -0.1) is 0 Å². The van der Waals surface area contributed by atoms with Crippen molar-refractivity contribution in [1.82, 2.24) is 0 Å². The number of nitrogen functional groups attached to an aromatic ring is 1. The zero-order valence-corrected chi connectivity index (χ0v) is 12.7. The lowest BCUT2D eigenvalue weighted by molar-refractivity contribution is 0.301. The normalized spacial score (nSPS) is 22.9. The molecule has 2 fully saturated rings. The molecule has 1 saturated heterocycles. The molecule has 1 atom stereocenters. The smallest absolute Gasteiger partial charge is 0.124 e. The molecule has 2 aliphatic rings. The van der Waals surface area contributed by atoms with Crippen LogP contribution in [-0.2, 0) is 0 Å². The first-order valence-corrected chi connectivity index (χ1v) is 7.99. The molecule has 3 nitrogen and oxygen atoms in total. The van der Waals surface area contributed by atoms with Crippen LogP contribution in [0, 0.1) is 12.8 Å². The van der Waals surface area contributed by atoms with Crippen molar-refractivity contribution in [3.63, 3.8) is 0 Å². The van der Waals surface area contributed by atoms with Crippen LogP contribution in [0.3, 0.4) is 0 Å². The van der Waals surface area contributed by atoms with Crippen molar-refractivity contribution in [3.8, 4) is 5.75 Å². The zero-order valence-electron chi connectivity index (χ0n) is 12.7. The number of nitrogens with zero attached hydrogens (tertiary/aromatic N) is 1. The van der Waals surface area contributed by atoms with Crippen LogP contribution in [0.5, 0.6) is 5.75 Å². The molecule has 0 bridgehead atoms. The lowest BCUT2D eigenvalue weighted by Crippen LogP contribution is -2.36. The third-order valence-electron chi connectivity index (χ3n) is 4.64. The van der Waals surface area contributed by atoms with E-state index < -0.39 is 0 Å². The molecule has 3 heteroatoms. The zero-order chi connectivity index (χ0) is 14.1. The van der Waals surface area contributed by atoms with Crippen LogP contribution in [0.25, 0.3) is 0 Å². The average molecular weight is 274 g/mol. The Kier molecular flexibility index (Phi) is 3.77. The molecule has 1 aromatic carbocycles. The molecule has 0 unspecified atom stereocenters. The van der Waals surface area contributed by atoms with Crippen LogP contribution in [0.4, 0.5) is 11.4 Å². The summed E-state index contributed by atoms with van der Waals surface area (Å²) in [6.07, 6.45) is 6.71. The number of anilines is 2. The van der Waals surface area contributed by atoms with Gasteiger partial charge in [0.15, 0.2) is 0 Å². The summed E-state index contributed by atoms with van der Waals surface area (Å²) in [6, 6.07) is 4.04. The van der Waals surface area contributed by atoms with Crippen molar-refractivity contribution in [2.45, 2.75) is 52.1 Å². The molecule has 0 amide bonds. The number of hydrogen-bond donors (Lipinski definition) is 1. The molecule has 110 valence electrons. The van der Waals surface area contributed by atoms with Gasteiger partial charge in [0.05, 0.1) is 17.5 Å². The van der Waals surface area contributed by atoms with E-state index in [-0.39, 0.29) is 0 Å². The molecule has 0 aromatic heterocycles. The van der Waals surface area contributed by atoms with Gasteiger partial charge < -0.3 is 15.4 Å². The molecule has 1 aromatic rings. The largest absolute Gasteiger partial charge is 0.490 e. The Balaban J connectivity index is 1.86. The summed E-state index contributed by atoms with van der Waals surface area (Å²) < 4.78 is 6.01. The maximum atomic E-state index is 6.26. The fraction of sp³-hybridized carbons (Fsp3) is 0.647. The molecule has 1 aliphatic heterocycles. The minimum absolute atomic E-state index is 0.440. The predicted molar refractivity (Wildman–Crippen MR) is 84.5 cm³/mol. The first-order chi connectivity index (χ1) is 9.69. The van der Waals surface area contributed by atoms with Crippen LogP contribution in [0.15, 0.2) is 12.1 Å². The Bertz CT molecular complexity index is 482. The molecule has 1 aliphatic carbocycles. The van der Waals surface area contributed by atoms with E-state index in [1.165, 1.54) is 43.4 Å². The third kappa shape index (κ3) is 2.72. The van der Waals surface area contributed by atoms with E-state index in [9.17, 15) is 0 Å². The standard InChI is InChI=1S/C17H26N2O/c1-3-13-5-4-10-19(11-13)17-12(2)16(9-8-15(17)18)20-14-6-7-14/h8-9,13-14H,3-7,10-11,18H2,1-2H3/t13-/m1/s1. The minimum Gasteiger partial charge on any atom is -0.490 e. The Morgan fingerprint density at radius 3 is 2.80 bits per heavy atom. The van der Waals surface area contributed by atoms with Crippen molar-refractivity contribution in [2.75, 3.05) is 23.7 Å². The highest BCUT2D eigenvalue weighted by Crippen LogP contribution is 2.39. The highest BCUT2D eigenvalue weighted by Gasteiger charge is 2.27. The predicted octanol–water partition coefficient (Wildman–Crippen LogP) is 3.74. The van der Waals surface area contributed by atoms with Gasteiger partial charge >= 0.3 is 0 Å². The highest BCUT2D eigenvalue weighted by atomic mass is 16.5. The van der Waals surface area contributed by atoms with Gasteiger partial charge in [0, 0.05) is 18.7 Å². The van der Waals surface area contributed by atoms with Gasteiger partial charge in [0.2, 0.25) is 0 Å². The summed E-state index contributed by atoms with van der Waals surface area (Å²) in [7, 11) is 0. The van der Waals surface area contributed by atoms with Gasteiger partial charge in [-0.1, -0.05) is 13.3 Å². The summed E-state index contributed by atoms with van der Waals surface area (Å²) in [5, 5.41) is 0. The first-order valence-electron chi connectivity index (χ1n) is 7.99. The van der Waals surface area contributed by atoms with E-state index in [0.29, 0.717) is 6.10 Å². The van der Waals surface area contributed by atoms with Gasteiger partial charge in [-0.25, -0.2) is 0 Å². The van der Waals surface area contributed by atoms with Gasteiger partial charge in [0.1, 0.15) is 5.75 Å². The van der Waals surface area contributed by atoms with Gasteiger partial charge in [-0.05, 0) is 50.7 Å². The molecule has 20 heavy (non-hydrogen) atoms. The number of nitrogens with two attached hydrogens (primary N) is 1. The van der Waals surface area contributed by atoms with E-state index >= 15 is 0 Å². The Labute approximate surface area is 122 Å². The quantitative estimate of drug-likeness (QED) is 0.850. The molecular formula is C17H26N2O. The molecule has 1 saturated carbocycles. The van der Waals surface area contributed by atoms with E-state index in [1.807, 2.05) is 12.1 Å². The molecule has 0 spiro atoms. The van der Waals surface area contributed by atoms with Crippen LogP contribution in [0.1, 0.15) is 44.6 Å². The second-order valence-electron chi connectivity index (χ2n) is 6.31. The maximum Gasteiger partial charge on any atom is 0.124 e. The fourth-order valence-electron chi connectivity index (χ4n) is 3.22. The second-order valence-corrected chi connectivity index (χ2v) is 6.31. The van der Waals surface area contributed by atoms with E-state index in [2.05, 4.69) is 18.7 Å². The van der Waals surface area contributed by atoms with Gasteiger partial charge in [-0.2, -0.15) is 0 Å². The van der Waals surface area contributed by atoms with E-state index in [0.717, 1.165) is 30.4 Å².